The Morgan fingerprint density at radius 2 is 1.71 bits per heavy atom. The van der Waals surface area contributed by atoms with Crippen LogP contribution in [0.2, 0.25) is 0 Å². The van der Waals surface area contributed by atoms with Gasteiger partial charge in [0.15, 0.2) is 0 Å². The molecule has 4 rings (SSSR count). The Labute approximate surface area is 140 Å². The summed E-state index contributed by atoms with van der Waals surface area (Å²) in [5.41, 5.74) is 13.2. The average molecular weight is 314 g/mol. The molecule has 0 aliphatic carbocycles. The molecule has 0 atom stereocenters. The summed E-state index contributed by atoms with van der Waals surface area (Å²) in [4.78, 5) is 8.82. The molecule has 0 bridgehead atoms. The van der Waals surface area contributed by atoms with Gasteiger partial charge < -0.3 is 5.73 Å². The van der Waals surface area contributed by atoms with Crippen molar-refractivity contribution in [2.24, 2.45) is 5.73 Å². The molecule has 0 unspecified atom stereocenters. The van der Waals surface area contributed by atoms with Crippen LogP contribution in [0.15, 0.2) is 67.1 Å². The van der Waals surface area contributed by atoms with Crippen molar-refractivity contribution in [1.82, 2.24) is 14.4 Å². The lowest BCUT2D eigenvalue weighted by Crippen LogP contribution is -1.95. The number of rotatable bonds is 3. The lowest BCUT2D eigenvalue weighted by atomic mass is 10.1. The number of pyridine rings is 2. The van der Waals surface area contributed by atoms with Crippen molar-refractivity contribution in [3.8, 4) is 22.4 Å². The lowest BCUT2D eigenvalue weighted by Gasteiger charge is -2.06. The fourth-order valence-electron chi connectivity index (χ4n) is 2.91. The number of fused-ring (bicyclic) bond motifs is 1. The molecule has 4 aromatic rings. The van der Waals surface area contributed by atoms with Gasteiger partial charge in [0.1, 0.15) is 5.65 Å². The summed E-state index contributed by atoms with van der Waals surface area (Å²) in [7, 11) is 0. The van der Waals surface area contributed by atoms with Gasteiger partial charge in [-0.15, -0.1) is 0 Å². The molecular weight excluding hydrogens is 296 g/mol. The second-order valence-electron chi connectivity index (χ2n) is 5.87. The number of nitrogens with zero attached hydrogens (tertiary/aromatic N) is 3. The summed E-state index contributed by atoms with van der Waals surface area (Å²) >= 11 is 0. The minimum Gasteiger partial charge on any atom is -0.326 e. The van der Waals surface area contributed by atoms with Gasteiger partial charge in [-0.3, -0.25) is 9.38 Å². The molecule has 3 heterocycles. The number of nitrogens with two attached hydrogens (primary N) is 1. The lowest BCUT2D eigenvalue weighted by molar-refractivity contribution is 1.07. The zero-order valence-electron chi connectivity index (χ0n) is 13.5. The standard InChI is InChI=1S/C20H18N4/c1-14-10-17(6-8-22-14)18-7-9-24-19(13-23-20(24)11-18)16-4-2-15(12-21)3-5-16/h2-11,13H,12,21H2,1H3. The van der Waals surface area contributed by atoms with Gasteiger partial charge in [0.25, 0.3) is 0 Å². The predicted molar refractivity (Wildman–Crippen MR) is 96.5 cm³/mol. The molecule has 0 amide bonds. The zero-order valence-corrected chi connectivity index (χ0v) is 13.5. The monoisotopic (exact) mass is 314 g/mol. The predicted octanol–water partition coefficient (Wildman–Crippen LogP) is 3.83. The van der Waals surface area contributed by atoms with Gasteiger partial charge in [0.05, 0.1) is 11.9 Å². The Hall–Kier alpha value is -2.98. The first-order valence-corrected chi connectivity index (χ1v) is 7.94. The van der Waals surface area contributed by atoms with E-state index in [1.54, 1.807) is 0 Å². The van der Waals surface area contributed by atoms with E-state index in [1.165, 1.54) is 0 Å². The van der Waals surface area contributed by atoms with E-state index in [1.807, 2.05) is 25.4 Å². The average Bonchev–Trinajstić information content (AvgIpc) is 3.05. The van der Waals surface area contributed by atoms with E-state index in [-0.39, 0.29) is 0 Å². The van der Waals surface area contributed by atoms with Crippen LogP contribution in [0.25, 0.3) is 28.0 Å². The van der Waals surface area contributed by atoms with E-state index in [0.29, 0.717) is 6.54 Å². The van der Waals surface area contributed by atoms with Gasteiger partial charge in [0.2, 0.25) is 0 Å². The Kier molecular flexibility index (Phi) is 3.59. The summed E-state index contributed by atoms with van der Waals surface area (Å²) < 4.78 is 2.11. The smallest absolute Gasteiger partial charge is 0.137 e. The summed E-state index contributed by atoms with van der Waals surface area (Å²) in [5.74, 6) is 0. The molecule has 3 aromatic heterocycles. The molecule has 0 aliphatic rings. The Morgan fingerprint density at radius 3 is 2.46 bits per heavy atom. The fraction of sp³-hybridized carbons (Fsp3) is 0.100. The number of aromatic nitrogens is 3. The molecule has 0 aliphatic heterocycles. The first kappa shape index (κ1) is 14.6. The van der Waals surface area contributed by atoms with Crippen LogP contribution < -0.4 is 5.73 Å². The van der Waals surface area contributed by atoms with Crippen LogP contribution in [0.5, 0.6) is 0 Å². The van der Waals surface area contributed by atoms with Crippen molar-refractivity contribution in [3.05, 3.63) is 78.4 Å². The molecule has 0 saturated heterocycles. The molecule has 1 aromatic carbocycles. The van der Waals surface area contributed by atoms with Crippen molar-refractivity contribution in [3.63, 3.8) is 0 Å². The van der Waals surface area contributed by atoms with Crippen molar-refractivity contribution < 1.29 is 0 Å². The van der Waals surface area contributed by atoms with E-state index >= 15 is 0 Å². The first-order chi connectivity index (χ1) is 11.7. The summed E-state index contributed by atoms with van der Waals surface area (Å²) in [6.45, 7) is 2.56. The van der Waals surface area contributed by atoms with Crippen molar-refractivity contribution >= 4 is 5.65 Å². The number of benzene rings is 1. The largest absolute Gasteiger partial charge is 0.326 e. The van der Waals surface area contributed by atoms with E-state index in [2.05, 4.69) is 63.0 Å². The van der Waals surface area contributed by atoms with Crippen LogP contribution in [0.1, 0.15) is 11.3 Å². The summed E-state index contributed by atoms with van der Waals surface area (Å²) in [6.07, 6.45) is 5.82. The van der Waals surface area contributed by atoms with Gasteiger partial charge in [0, 0.05) is 30.2 Å². The molecule has 24 heavy (non-hydrogen) atoms. The zero-order chi connectivity index (χ0) is 16.5. The molecule has 4 nitrogen and oxygen atoms in total. The Bertz CT molecular complexity index is 1000. The fourth-order valence-corrected chi connectivity index (χ4v) is 2.91. The van der Waals surface area contributed by atoms with E-state index in [9.17, 15) is 0 Å². The molecule has 0 spiro atoms. The van der Waals surface area contributed by atoms with Gasteiger partial charge in [-0.05, 0) is 47.9 Å². The quantitative estimate of drug-likeness (QED) is 0.625. The topological polar surface area (TPSA) is 56.2 Å². The highest BCUT2D eigenvalue weighted by Gasteiger charge is 2.07. The molecule has 118 valence electrons. The second kappa shape index (κ2) is 5.91. The minimum atomic E-state index is 0.558. The molecule has 2 N–H and O–H groups in total. The third kappa shape index (κ3) is 2.57. The maximum atomic E-state index is 5.67. The Morgan fingerprint density at radius 1 is 0.917 bits per heavy atom. The van der Waals surface area contributed by atoms with Crippen LogP contribution in [0.4, 0.5) is 0 Å². The highest BCUT2D eigenvalue weighted by atomic mass is 15.0. The molecule has 0 radical (unpaired) electrons. The van der Waals surface area contributed by atoms with Crippen molar-refractivity contribution in [1.29, 1.82) is 0 Å². The highest BCUT2D eigenvalue weighted by molar-refractivity contribution is 5.71. The SMILES string of the molecule is Cc1cc(-c2ccn3c(-c4ccc(CN)cc4)cnc3c2)ccn1. The molecular formula is C20H18N4. The summed E-state index contributed by atoms with van der Waals surface area (Å²) in [6, 6.07) is 16.6. The molecule has 0 saturated carbocycles. The normalized spacial score (nSPS) is 11.1. The van der Waals surface area contributed by atoms with Crippen LogP contribution in [-0.4, -0.2) is 14.4 Å². The van der Waals surface area contributed by atoms with Gasteiger partial charge >= 0.3 is 0 Å². The van der Waals surface area contributed by atoms with Crippen molar-refractivity contribution in [2.45, 2.75) is 13.5 Å². The maximum absolute atomic E-state index is 5.67. The number of imidazole rings is 1. The molecule has 4 heteroatoms. The van der Waals surface area contributed by atoms with E-state index in [0.717, 1.165) is 39.3 Å². The van der Waals surface area contributed by atoms with Gasteiger partial charge in [-0.25, -0.2) is 4.98 Å². The second-order valence-corrected chi connectivity index (χ2v) is 5.87. The maximum Gasteiger partial charge on any atom is 0.137 e. The Balaban J connectivity index is 1.77. The number of hydrogen-bond donors (Lipinski definition) is 1. The molecule has 0 fully saturated rings. The van der Waals surface area contributed by atoms with E-state index in [4.69, 9.17) is 5.73 Å². The van der Waals surface area contributed by atoms with Crippen LogP contribution in [0, 0.1) is 6.92 Å². The third-order valence-electron chi connectivity index (χ3n) is 4.23. The number of aryl methyl sites for hydroxylation is 1. The van der Waals surface area contributed by atoms with Crippen LogP contribution in [0.3, 0.4) is 0 Å². The van der Waals surface area contributed by atoms with E-state index < -0.39 is 0 Å². The van der Waals surface area contributed by atoms with Gasteiger partial charge in [-0.1, -0.05) is 24.3 Å². The first-order valence-electron chi connectivity index (χ1n) is 7.94. The van der Waals surface area contributed by atoms with Crippen molar-refractivity contribution in [2.75, 3.05) is 0 Å². The van der Waals surface area contributed by atoms with Gasteiger partial charge in [-0.2, -0.15) is 0 Å². The van der Waals surface area contributed by atoms with Crippen LogP contribution >= 0.6 is 0 Å². The summed E-state index contributed by atoms with van der Waals surface area (Å²) in [5, 5.41) is 0. The number of hydrogen-bond acceptors (Lipinski definition) is 3. The highest BCUT2D eigenvalue weighted by Crippen LogP contribution is 2.25. The van der Waals surface area contributed by atoms with Crippen LogP contribution in [-0.2, 0) is 6.54 Å². The minimum absolute atomic E-state index is 0.558. The third-order valence-corrected chi connectivity index (χ3v) is 4.23.